The Balaban J connectivity index is 1.62. The van der Waals surface area contributed by atoms with Crippen molar-refractivity contribution in [3.8, 4) is 11.6 Å². The zero-order valence-corrected chi connectivity index (χ0v) is 26.0. The Kier molecular flexibility index (Phi) is 8.78. The number of aldehydes is 1. The van der Waals surface area contributed by atoms with Gasteiger partial charge in [-0.05, 0) is 49.1 Å². The predicted molar refractivity (Wildman–Crippen MR) is 154 cm³/mol. The molecule has 1 aromatic heterocycles. The minimum atomic E-state index is -4.78. The number of esters is 1. The van der Waals surface area contributed by atoms with Gasteiger partial charge >= 0.3 is 17.8 Å². The number of hydrogen-bond donors (Lipinski definition) is 0. The SMILES string of the molecule is CC[C@@H]1[C@@H]2CN(C(=O)[C@H](C(C)(C)C)CC(=O)O[C@@H]3C[C@H]3CCCC(F)(F)C(F)(F)c3nc4ccc(OC)cc4nc3O2)[C@@H]1C=O. The lowest BCUT2D eigenvalue weighted by Crippen LogP contribution is -2.46. The number of aromatic nitrogens is 2. The molecule has 1 saturated carbocycles. The second kappa shape index (κ2) is 12.0. The molecular weight excluding hydrogens is 598 g/mol. The Morgan fingerprint density at radius 3 is 2.47 bits per heavy atom. The van der Waals surface area contributed by atoms with Crippen LogP contribution in [-0.2, 0) is 25.0 Å². The van der Waals surface area contributed by atoms with Crippen LogP contribution in [-0.4, -0.2) is 70.9 Å². The summed E-state index contributed by atoms with van der Waals surface area (Å²) in [6.45, 7) is 6.94. The first-order chi connectivity index (χ1) is 21.1. The van der Waals surface area contributed by atoms with E-state index >= 15 is 17.6 Å². The number of amides is 1. The van der Waals surface area contributed by atoms with E-state index in [1.807, 2.05) is 0 Å². The fraction of sp³-hybridized carbons (Fsp3) is 0.656. The van der Waals surface area contributed by atoms with Crippen molar-refractivity contribution in [3.63, 3.8) is 0 Å². The molecular formula is C32H39F4N3O6. The number of carbonyl (C=O) groups excluding carboxylic acids is 3. The van der Waals surface area contributed by atoms with E-state index in [1.54, 1.807) is 27.7 Å². The molecule has 2 aliphatic heterocycles. The first kappa shape index (κ1) is 32.9. The van der Waals surface area contributed by atoms with Gasteiger partial charge in [0.05, 0.1) is 43.1 Å². The van der Waals surface area contributed by atoms with Crippen LogP contribution in [0.1, 0.15) is 71.9 Å². The number of halogens is 4. The van der Waals surface area contributed by atoms with Crippen LogP contribution in [0.15, 0.2) is 18.2 Å². The molecule has 0 spiro atoms. The number of alkyl halides is 4. The van der Waals surface area contributed by atoms with Gasteiger partial charge in [0.2, 0.25) is 11.8 Å². The average Bonchev–Trinajstić information content (AvgIpc) is 3.60. The molecule has 1 aliphatic carbocycles. The van der Waals surface area contributed by atoms with Crippen LogP contribution in [0, 0.1) is 23.2 Å². The summed E-state index contributed by atoms with van der Waals surface area (Å²) in [4.78, 5) is 48.9. The number of fused-ring (bicyclic) bond motifs is 5. The van der Waals surface area contributed by atoms with Crippen molar-refractivity contribution in [3.05, 3.63) is 23.9 Å². The van der Waals surface area contributed by atoms with E-state index in [0.29, 0.717) is 24.9 Å². The molecule has 2 fully saturated rings. The molecule has 5 rings (SSSR count). The molecule has 3 aliphatic rings. The first-order valence-electron chi connectivity index (χ1n) is 15.3. The monoisotopic (exact) mass is 637 g/mol. The molecule has 13 heteroatoms. The second-order valence-corrected chi connectivity index (χ2v) is 13.4. The van der Waals surface area contributed by atoms with Gasteiger partial charge in [0.25, 0.3) is 0 Å². The van der Waals surface area contributed by atoms with Crippen molar-refractivity contribution < 1.29 is 46.2 Å². The summed E-state index contributed by atoms with van der Waals surface area (Å²) >= 11 is 0. The topological polar surface area (TPSA) is 108 Å². The van der Waals surface area contributed by atoms with Gasteiger partial charge in [-0.15, -0.1) is 0 Å². The summed E-state index contributed by atoms with van der Waals surface area (Å²) in [6.07, 6.45) is -1.73. The van der Waals surface area contributed by atoms with E-state index in [9.17, 15) is 14.4 Å². The first-order valence-corrected chi connectivity index (χ1v) is 15.3. The normalized spacial score (nSPS) is 30.3. The molecule has 246 valence electrons. The van der Waals surface area contributed by atoms with Gasteiger partial charge in [-0.25, -0.2) is 9.97 Å². The maximum absolute atomic E-state index is 15.9. The minimum absolute atomic E-state index is 0.0625. The van der Waals surface area contributed by atoms with Gasteiger partial charge in [0, 0.05) is 18.4 Å². The van der Waals surface area contributed by atoms with Crippen molar-refractivity contribution in [2.75, 3.05) is 13.7 Å². The van der Waals surface area contributed by atoms with Crippen molar-refractivity contribution in [2.45, 2.75) is 96.3 Å². The third kappa shape index (κ3) is 6.31. The molecule has 2 bridgehead atoms. The van der Waals surface area contributed by atoms with E-state index in [1.165, 1.54) is 30.2 Å². The average molecular weight is 638 g/mol. The van der Waals surface area contributed by atoms with Gasteiger partial charge < -0.3 is 23.9 Å². The zero-order valence-electron chi connectivity index (χ0n) is 26.0. The molecule has 0 N–H and O–H groups in total. The Hall–Kier alpha value is -3.51. The third-order valence-electron chi connectivity index (χ3n) is 9.33. The molecule has 0 radical (unpaired) electrons. The second-order valence-electron chi connectivity index (χ2n) is 13.4. The van der Waals surface area contributed by atoms with Crippen LogP contribution >= 0.6 is 0 Å². The minimum Gasteiger partial charge on any atom is -0.497 e. The van der Waals surface area contributed by atoms with Crippen LogP contribution in [0.25, 0.3) is 11.0 Å². The van der Waals surface area contributed by atoms with E-state index < -0.39 is 77.2 Å². The fourth-order valence-electron chi connectivity index (χ4n) is 6.45. The summed E-state index contributed by atoms with van der Waals surface area (Å²) < 4.78 is 79.4. The molecule has 9 nitrogen and oxygen atoms in total. The van der Waals surface area contributed by atoms with E-state index in [0.717, 1.165) is 0 Å². The summed E-state index contributed by atoms with van der Waals surface area (Å²) in [7, 11) is 1.40. The number of methoxy groups -OCH3 is 1. The lowest BCUT2D eigenvalue weighted by molar-refractivity contribution is -0.223. The van der Waals surface area contributed by atoms with Gasteiger partial charge in [-0.1, -0.05) is 27.7 Å². The van der Waals surface area contributed by atoms with Crippen molar-refractivity contribution in [1.29, 1.82) is 0 Å². The van der Waals surface area contributed by atoms with Crippen molar-refractivity contribution in [2.24, 2.45) is 23.2 Å². The summed E-state index contributed by atoms with van der Waals surface area (Å²) in [5.74, 6) is -12.6. The Morgan fingerprint density at radius 1 is 1.09 bits per heavy atom. The molecule has 1 aromatic carbocycles. The van der Waals surface area contributed by atoms with Crippen LogP contribution in [0.5, 0.6) is 11.6 Å². The number of carbonyl (C=O) groups is 3. The van der Waals surface area contributed by atoms with Crippen molar-refractivity contribution in [1.82, 2.24) is 14.9 Å². The van der Waals surface area contributed by atoms with Gasteiger partial charge in [-0.3, -0.25) is 9.59 Å². The highest BCUT2D eigenvalue weighted by Gasteiger charge is 2.60. The molecule has 45 heavy (non-hydrogen) atoms. The van der Waals surface area contributed by atoms with E-state index in [-0.39, 0.29) is 42.8 Å². The zero-order chi connectivity index (χ0) is 32.9. The lowest BCUT2D eigenvalue weighted by Gasteiger charge is -2.34. The number of rotatable bonds is 3. The molecule has 3 heterocycles. The largest absolute Gasteiger partial charge is 0.497 e. The van der Waals surface area contributed by atoms with Gasteiger partial charge in [0.1, 0.15) is 24.2 Å². The van der Waals surface area contributed by atoms with Crippen LogP contribution in [0.3, 0.4) is 0 Å². The van der Waals surface area contributed by atoms with Crippen LogP contribution in [0.4, 0.5) is 17.6 Å². The highest BCUT2D eigenvalue weighted by molar-refractivity contribution is 5.87. The molecule has 0 unspecified atom stereocenters. The highest BCUT2D eigenvalue weighted by Crippen LogP contribution is 2.50. The number of benzene rings is 1. The summed E-state index contributed by atoms with van der Waals surface area (Å²) in [5.41, 5.74) is -2.00. The standard InChI is InChI=1S/C32H39F4N3O6/c1-6-19-23(16-40)39-15-25(19)45-28-27(37-21-10-9-18(43-5)13-22(21)38-28)32(35,36)31(33,34)11-7-8-17-12-24(17)44-26(41)14-20(29(39)42)30(2,3)4/h9-10,13,16-17,19-20,23-25H,6-8,11-12,14-15H2,1-5H3/t17-,19+,20-,23-,24-,25+/m1/s1. The van der Waals surface area contributed by atoms with Gasteiger partial charge in [-0.2, -0.15) is 17.6 Å². The third-order valence-corrected chi connectivity index (χ3v) is 9.33. The summed E-state index contributed by atoms with van der Waals surface area (Å²) in [5, 5.41) is 0. The Bertz CT molecular complexity index is 1460. The molecule has 6 atom stereocenters. The maximum atomic E-state index is 15.9. The van der Waals surface area contributed by atoms with Crippen LogP contribution < -0.4 is 9.47 Å². The fourth-order valence-corrected chi connectivity index (χ4v) is 6.45. The predicted octanol–water partition coefficient (Wildman–Crippen LogP) is 5.72. The molecule has 1 saturated heterocycles. The highest BCUT2D eigenvalue weighted by atomic mass is 19.3. The van der Waals surface area contributed by atoms with Gasteiger partial charge in [0.15, 0.2) is 5.69 Å². The Morgan fingerprint density at radius 2 is 1.82 bits per heavy atom. The lowest BCUT2D eigenvalue weighted by atomic mass is 9.77. The van der Waals surface area contributed by atoms with Crippen molar-refractivity contribution >= 4 is 29.2 Å². The number of nitrogens with zero attached hydrogens (tertiary/aromatic N) is 3. The maximum Gasteiger partial charge on any atom is 0.356 e. The summed E-state index contributed by atoms with van der Waals surface area (Å²) in [6, 6.07) is 3.20. The van der Waals surface area contributed by atoms with E-state index in [4.69, 9.17) is 14.2 Å². The quantitative estimate of drug-likeness (QED) is 0.239. The Labute approximate surface area is 259 Å². The van der Waals surface area contributed by atoms with Crippen LogP contribution in [0.2, 0.25) is 0 Å². The molecule has 1 amide bonds. The number of hydrogen-bond acceptors (Lipinski definition) is 8. The smallest absolute Gasteiger partial charge is 0.356 e. The van der Waals surface area contributed by atoms with E-state index in [2.05, 4.69) is 9.97 Å². The number of ether oxygens (including phenoxy) is 3. The molecule has 2 aromatic rings.